The minimum Gasteiger partial charge on any atom is -0.496 e. The van der Waals surface area contributed by atoms with Crippen LogP contribution in [0.15, 0.2) is 6.07 Å². The monoisotopic (exact) mass is 254 g/mol. The van der Waals surface area contributed by atoms with Gasteiger partial charge in [0, 0.05) is 5.56 Å². The molecule has 18 heavy (non-hydrogen) atoms. The normalized spacial score (nSPS) is 11.9. The van der Waals surface area contributed by atoms with Crippen molar-refractivity contribution in [3.05, 3.63) is 22.8 Å². The number of aliphatic hydroxyl groups is 1. The molecule has 1 aromatic carbocycles. The number of rotatable bonds is 4. The van der Waals surface area contributed by atoms with Gasteiger partial charge in [0.1, 0.15) is 11.5 Å². The molecule has 0 spiro atoms. The van der Waals surface area contributed by atoms with E-state index in [4.69, 9.17) is 9.47 Å². The lowest BCUT2D eigenvalue weighted by Gasteiger charge is -2.19. The summed E-state index contributed by atoms with van der Waals surface area (Å²) in [6.45, 7) is 3.72. The Hall–Kier alpha value is -1.75. The molecule has 1 aromatic rings. The van der Waals surface area contributed by atoms with Gasteiger partial charge in [-0.05, 0) is 31.0 Å². The first kappa shape index (κ1) is 14.3. The Morgan fingerprint density at radius 2 is 1.78 bits per heavy atom. The molecule has 5 nitrogen and oxygen atoms in total. The Morgan fingerprint density at radius 1 is 1.17 bits per heavy atom. The number of carbonyl (C=O) groups is 1. The van der Waals surface area contributed by atoms with E-state index in [-0.39, 0.29) is 0 Å². The minimum atomic E-state index is -1.39. The van der Waals surface area contributed by atoms with E-state index in [0.717, 1.165) is 11.1 Å². The van der Waals surface area contributed by atoms with Gasteiger partial charge >= 0.3 is 5.97 Å². The van der Waals surface area contributed by atoms with Crippen molar-refractivity contribution in [1.29, 1.82) is 0 Å². The third kappa shape index (κ3) is 2.41. The summed E-state index contributed by atoms with van der Waals surface area (Å²) >= 11 is 0. The number of methoxy groups -OCH3 is 3. The number of esters is 1. The molecule has 1 N–H and O–H groups in total. The highest BCUT2D eigenvalue weighted by molar-refractivity contribution is 5.78. The molecule has 0 amide bonds. The number of aliphatic hydroxyl groups excluding tert-OH is 1. The SMILES string of the molecule is COC(=O)C(O)c1cc(OC)c(C)c(C)c1OC. The molecule has 0 heterocycles. The molecule has 0 aliphatic rings. The second kappa shape index (κ2) is 5.73. The van der Waals surface area contributed by atoms with Crippen LogP contribution in [0.25, 0.3) is 0 Å². The lowest BCUT2D eigenvalue weighted by atomic mass is 9.99. The molecule has 0 saturated heterocycles. The summed E-state index contributed by atoms with van der Waals surface area (Å²) in [5.41, 5.74) is 2.05. The summed E-state index contributed by atoms with van der Waals surface area (Å²) in [7, 11) is 4.24. The summed E-state index contributed by atoms with van der Waals surface area (Å²) in [5, 5.41) is 9.93. The Balaban J connectivity index is 3.42. The molecule has 0 radical (unpaired) electrons. The fraction of sp³-hybridized carbons (Fsp3) is 0.462. The fourth-order valence-electron chi connectivity index (χ4n) is 1.81. The van der Waals surface area contributed by atoms with Gasteiger partial charge in [0.25, 0.3) is 0 Å². The Bertz CT molecular complexity index is 453. The van der Waals surface area contributed by atoms with Crippen LogP contribution in [0.1, 0.15) is 22.8 Å². The van der Waals surface area contributed by atoms with E-state index in [1.165, 1.54) is 21.3 Å². The van der Waals surface area contributed by atoms with E-state index in [1.54, 1.807) is 6.07 Å². The Kier molecular flexibility index (Phi) is 4.55. The molecule has 1 rings (SSSR count). The van der Waals surface area contributed by atoms with Crippen LogP contribution < -0.4 is 9.47 Å². The van der Waals surface area contributed by atoms with Crippen LogP contribution in [0, 0.1) is 13.8 Å². The van der Waals surface area contributed by atoms with Crippen LogP contribution in [0.2, 0.25) is 0 Å². The van der Waals surface area contributed by atoms with E-state index in [9.17, 15) is 9.90 Å². The highest BCUT2D eigenvalue weighted by Crippen LogP contribution is 2.36. The van der Waals surface area contributed by atoms with Crippen molar-refractivity contribution in [3.8, 4) is 11.5 Å². The second-order valence-electron chi connectivity index (χ2n) is 3.88. The lowest BCUT2D eigenvalue weighted by molar-refractivity contribution is -0.150. The van der Waals surface area contributed by atoms with Crippen LogP contribution in [-0.2, 0) is 9.53 Å². The molecule has 100 valence electrons. The van der Waals surface area contributed by atoms with Gasteiger partial charge in [-0.15, -0.1) is 0 Å². The summed E-state index contributed by atoms with van der Waals surface area (Å²) in [5.74, 6) is 0.316. The maximum absolute atomic E-state index is 11.4. The molecule has 5 heteroatoms. The van der Waals surface area contributed by atoms with Gasteiger partial charge in [-0.25, -0.2) is 4.79 Å². The highest BCUT2D eigenvalue weighted by atomic mass is 16.5. The number of carbonyl (C=O) groups excluding carboxylic acids is 1. The molecule has 0 aliphatic carbocycles. The third-order valence-electron chi connectivity index (χ3n) is 2.96. The first-order valence-corrected chi connectivity index (χ1v) is 5.45. The van der Waals surface area contributed by atoms with Crippen molar-refractivity contribution in [1.82, 2.24) is 0 Å². The Morgan fingerprint density at radius 3 is 2.22 bits per heavy atom. The van der Waals surface area contributed by atoms with Gasteiger partial charge in [0.15, 0.2) is 6.10 Å². The fourth-order valence-corrected chi connectivity index (χ4v) is 1.81. The first-order valence-electron chi connectivity index (χ1n) is 5.45. The third-order valence-corrected chi connectivity index (χ3v) is 2.96. The number of hydrogen-bond donors (Lipinski definition) is 1. The molecule has 0 aliphatic heterocycles. The number of hydrogen-bond acceptors (Lipinski definition) is 5. The van der Waals surface area contributed by atoms with Gasteiger partial charge < -0.3 is 19.3 Å². The zero-order chi connectivity index (χ0) is 13.9. The molecule has 0 aromatic heterocycles. The van der Waals surface area contributed by atoms with Crippen molar-refractivity contribution in [2.75, 3.05) is 21.3 Å². The summed E-state index contributed by atoms with van der Waals surface area (Å²) in [6, 6.07) is 1.59. The summed E-state index contributed by atoms with van der Waals surface area (Å²) < 4.78 is 15.0. The molecule has 1 atom stereocenters. The first-order chi connectivity index (χ1) is 8.47. The van der Waals surface area contributed by atoms with Crippen LogP contribution in [0.5, 0.6) is 11.5 Å². The van der Waals surface area contributed by atoms with Crippen molar-refractivity contribution in [2.45, 2.75) is 20.0 Å². The van der Waals surface area contributed by atoms with Crippen molar-refractivity contribution < 1.29 is 24.1 Å². The van der Waals surface area contributed by atoms with Crippen LogP contribution >= 0.6 is 0 Å². The minimum absolute atomic E-state index is 0.337. The van der Waals surface area contributed by atoms with Gasteiger partial charge in [-0.3, -0.25) is 0 Å². The van der Waals surface area contributed by atoms with Crippen molar-refractivity contribution >= 4 is 5.97 Å². The predicted molar refractivity (Wildman–Crippen MR) is 66.0 cm³/mol. The molecular weight excluding hydrogens is 236 g/mol. The zero-order valence-electron chi connectivity index (χ0n) is 11.2. The maximum Gasteiger partial charge on any atom is 0.339 e. The lowest BCUT2D eigenvalue weighted by Crippen LogP contribution is -2.15. The van der Waals surface area contributed by atoms with Gasteiger partial charge in [-0.2, -0.15) is 0 Å². The van der Waals surface area contributed by atoms with Crippen LogP contribution in [-0.4, -0.2) is 32.4 Å². The quantitative estimate of drug-likeness (QED) is 0.825. The predicted octanol–water partition coefficient (Wildman–Crippen LogP) is 1.53. The second-order valence-corrected chi connectivity index (χ2v) is 3.88. The summed E-state index contributed by atoms with van der Waals surface area (Å²) in [4.78, 5) is 11.4. The van der Waals surface area contributed by atoms with Crippen LogP contribution in [0.3, 0.4) is 0 Å². The molecule has 0 saturated carbocycles. The standard InChI is InChI=1S/C13H18O5/c1-7-8(2)12(17-4)9(6-10(7)16-3)11(14)13(15)18-5/h6,11,14H,1-5H3. The molecular formula is C13H18O5. The number of benzene rings is 1. The van der Waals surface area contributed by atoms with Crippen molar-refractivity contribution in [2.24, 2.45) is 0 Å². The van der Waals surface area contributed by atoms with E-state index < -0.39 is 12.1 Å². The van der Waals surface area contributed by atoms with Crippen molar-refractivity contribution in [3.63, 3.8) is 0 Å². The van der Waals surface area contributed by atoms with E-state index >= 15 is 0 Å². The molecule has 1 unspecified atom stereocenters. The topological polar surface area (TPSA) is 65.0 Å². The number of ether oxygens (including phenoxy) is 3. The Labute approximate surface area is 106 Å². The smallest absolute Gasteiger partial charge is 0.339 e. The zero-order valence-corrected chi connectivity index (χ0v) is 11.2. The van der Waals surface area contributed by atoms with E-state index in [2.05, 4.69) is 4.74 Å². The van der Waals surface area contributed by atoms with Gasteiger partial charge in [-0.1, -0.05) is 0 Å². The highest BCUT2D eigenvalue weighted by Gasteiger charge is 2.25. The maximum atomic E-state index is 11.4. The van der Waals surface area contributed by atoms with Gasteiger partial charge in [0.05, 0.1) is 21.3 Å². The molecule has 0 fully saturated rings. The summed E-state index contributed by atoms with van der Waals surface area (Å²) in [6.07, 6.45) is -1.39. The van der Waals surface area contributed by atoms with E-state index in [1.807, 2.05) is 13.8 Å². The molecule has 0 bridgehead atoms. The average molecular weight is 254 g/mol. The van der Waals surface area contributed by atoms with E-state index in [0.29, 0.717) is 17.1 Å². The van der Waals surface area contributed by atoms with Crippen LogP contribution in [0.4, 0.5) is 0 Å². The average Bonchev–Trinajstić information content (AvgIpc) is 2.39. The van der Waals surface area contributed by atoms with Gasteiger partial charge in [0.2, 0.25) is 0 Å². The largest absolute Gasteiger partial charge is 0.496 e.